The first kappa shape index (κ1) is 19.5. The van der Waals surface area contributed by atoms with Crippen LogP contribution in [0.3, 0.4) is 0 Å². The highest BCUT2D eigenvalue weighted by Gasteiger charge is 2.39. The van der Waals surface area contributed by atoms with Gasteiger partial charge in [-0.05, 0) is 30.7 Å². The maximum atomic E-state index is 12.3. The fourth-order valence-corrected chi connectivity index (χ4v) is 3.27. The highest BCUT2D eigenvalue weighted by molar-refractivity contribution is 5.92. The lowest BCUT2D eigenvalue weighted by molar-refractivity contribution is -0.185. The molecule has 27 heavy (non-hydrogen) atoms. The first-order chi connectivity index (χ1) is 13.1. The van der Waals surface area contributed by atoms with Crippen molar-refractivity contribution >= 4 is 23.6 Å². The standard InChI is InChI=1S/C20H26N2O5/c1-2-25-19(24)8-5-16-3-6-17(7-4-16)21-18(23)15-22-11-9-20(10-12-22)26-13-14-27-20/h3-8H,2,9-15H2,1H3,(H,21,23)/b8-5+. The van der Waals surface area contributed by atoms with Crippen LogP contribution < -0.4 is 5.32 Å². The van der Waals surface area contributed by atoms with Gasteiger partial charge >= 0.3 is 5.97 Å². The van der Waals surface area contributed by atoms with Crippen molar-refractivity contribution in [3.05, 3.63) is 35.9 Å². The number of carbonyl (C=O) groups excluding carboxylic acids is 2. The van der Waals surface area contributed by atoms with Crippen LogP contribution in [0.4, 0.5) is 5.69 Å². The van der Waals surface area contributed by atoms with Gasteiger partial charge in [0.1, 0.15) is 0 Å². The zero-order valence-corrected chi connectivity index (χ0v) is 15.6. The molecule has 1 amide bonds. The second-order valence-electron chi connectivity index (χ2n) is 6.64. The Balaban J connectivity index is 1.43. The summed E-state index contributed by atoms with van der Waals surface area (Å²) in [6, 6.07) is 7.30. The molecule has 1 spiro atoms. The molecule has 7 nitrogen and oxygen atoms in total. The summed E-state index contributed by atoms with van der Waals surface area (Å²) in [6.45, 7) is 5.35. The number of carbonyl (C=O) groups is 2. The van der Waals surface area contributed by atoms with Crippen LogP contribution in [0.2, 0.25) is 0 Å². The number of amides is 1. The van der Waals surface area contributed by atoms with Gasteiger partial charge in [-0.3, -0.25) is 9.69 Å². The Morgan fingerprint density at radius 2 is 1.85 bits per heavy atom. The largest absolute Gasteiger partial charge is 0.463 e. The molecule has 1 N–H and O–H groups in total. The van der Waals surface area contributed by atoms with E-state index >= 15 is 0 Å². The van der Waals surface area contributed by atoms with Gasteiger partial charge in [-0.25, -0.2) is 4.79 Å². The van der Waals surface area contributed by atoms with E-state index in [2.05, 4.69) is 10.2 Å². The minimum absolute atomic E-state index is 0.0472. The average molecular weight is 374 g/mol. The monoisotopic (exact) mass is 374 g/mol. The summed E-state index contributed by atoms with van der Waals surface area (Å²) >= 11 is 0. The molecule has 0 atom stereocenters. The Labute approximate surface area is 159 Å². The number of benzene rings is 1. The second-order valence-corrected chi connectivity index (χ2v) is 6.64. The van der Waals surface area contributed by atoms with E-state index in [-0.39, 0.29) is 11.9 Å². The quantitative estimate of drug-likeness (QED) is 0.607. The lowest BCUT2D eigenvalue weighted by atomic mass is 10.0. The van der Waals surface area contributed by atoms with E-state index in [1.165, 1.54) is 6.08 Å². The molecule has 1 aromatic rings. The molecular formula is C20H26N2O5. The van der Waals surface area contributed by atoms with Crippen LogP contribution in [0.25, 0.3) is 6.08 Å². The minimum atomic E-state index is -0.417. The summed E-state index contributed by atoms with van der Waals surface area (Å²) in [5.41, 5.74) is 1.59. The molecule has 1 aromatic carbocycles. The van der Waals surface area contributed by atoms with Crippen molar-refractivity contribution in [3.8, 4) is 0 Å². The number of hydrogen-bond donors (Lipinski definition) is 1. The number of rotatable bonds is 6. The third-order valence-corrected chi connectivity index (χ3v) is 4.69. The average Bonchev–Trinajstić information content (AvgIpc) is 3.12. The maximum absolute atomic E-state index is 12.3. The zero-order valence-electron chi connectivity index (χ0n) is 15.6. The number of nitrogens with zero attached hydrogens (tertiary/aromatic N) is 1. The van der Waals surface area contributed by atoms with Crippen LogP contribution in [0.15, 0.2) is 30.3 Å². The molecule has 7 heteroatoms. The first-order valence-corrected chi connectivity index (χ1v) is 9.34. The summed E-state index contributed by atoms with van der Waals surface area (Å²) < 4.78 is 16.3. The Morgan fingerprint density at radius 1 is 1.19 bits per heavy atom. The van der Waals surface area contributed by atoms with Crippen LogP contribution >= 0.6 is 0 Å². The van der Waals surface area contributed by atoms with Crippen molar-refractivity contribution in [1.82, 2.24) is 4.90 Å². The van der Waals surface area contributed by atoms with Gasteiger partial charge in [0.2, 0.25) is 5.91 Å². The lowest BCUT2D eigenvalue weighted by Crippen LogP contribution is -2.47. The molecule has 2 aliphatic rings. The van der Waals surface area contributed by atoms with E-state index < -0.39 is 5.79 Å². The fraction of sp³-hybridized carbons (Fsp3) is 0.500. The Hall–Kier alpha value is -2.22. The van der Waals surface area contributed by atoms with E-state index in [1.807, 2.05) is 24.3 Å². The SMILES string of the molecule is CCOC(=O)/C=C/c1ccc(NC(=O)CN2CCC3(CC2)OCCO3)cc1. The molecule has 0 radical (unpaired) electrons. The van der Waals surface area contributed by atoms with Crippen LogP contribution in [0.5, 0.6) is 0 Å². The fourth-order valence-electron chi connectivity index (χ4n) is 3.27. The molecule has 0 unspecified atom stereocenters. The summed E-state index contributed by atoms with van der Waals surface area (Å²) in [5, 5.41) is 2.90. The molecule has 0 bridgehead atoms. The smallest absolute Gasteiger partial charge is 0.330 e. The Kier molecular flexibility index (Phi) is 6.60. The van der Waals surface area contributed by atoms with Crippen LogP contribution in [0.1, 0.15) is 25.3 Å². The van der Waals surface area contributed by atoms with Crippen molar-refractivity contribution in [2.45, 2.75) is 25.6 Å². The van der Waals surface area contributed by atoms with E-state index in [0.29, 0.717) is 26.4 Å². The molecule has 2 aliphatic heterocycles. The highest BCUT2D eigenvalue weighted by atomic mass is 16.7. The van der Waals surface area contributed by atoms with Gasteiger partial charge in [0, 0.05) is 37.7 Å². The molecule has 0 aromatic heterocycles. The van der Waals surface area contributed by atoms with Gasteiger partial charge in [-0.2, -0.15) is 0 Å². The van der Waals surface area contributed by atoms with Crippen LogP contribution in [-0.4, -0.2) is 62.0 Å². The highest BCUT2D eigenvalue weighted by Crippen LogP contribution is 2.31. The van der Waals surface area contributed by atoms with Gasteiger partial charge in [0.15, 0.2) is 5.79 Å². The van der Waals surface area contributed by atoms with Gasteiger partial charge in [-0.1, -0.05) is 12.1 Å². The third kappa shape index (κ3) is 5.63. The van der Waals surface area contributed by atoms with Crippen molar-refractivity contribution < 1.29 is 23.8 Å². The maximum Gasteiger partial charge on any atom is 0.330 e. The van der Waals surface area contributed by atoms with Gasteiger partial charge in [0.05, 0.1) is 26.4 Å². The number of nitrogens with one attached hydrogen (secondary N) is 1. The van der Waals surface area contributed by atoms with Crippen molar-refractivity contribution in [2.24, 2.45) is 0 Å². The predicted molar refractivity (Wildman–Crippen MR) is 101 cm³/mol. The summed E-state index contributed by atoms with van der Waals surface area (Å²) in [7, 11) is 0. The number of ether oxygens (including phenoxy) is 3. The lowest BCUT2D eigenvalue weighted by Gasteiger charge is -2.37. The molecule has 146 valence electrons. The molecule has 3 rings (SSSR count). The number of anilines is 1. The van der Waals surface area contributed by atoms with Crippen molar-refractivity contribution in [3.63, 3.8) is 0 Å². The number of esters is 1. The molecule has 2 fully saturated rings. The van der Waals surface area contributed by atoms with Crippen molar-refractivity contribution in [1.29, 1.82) is 0 Å². The van der Waals surface area contributed by atoms with Crippen LogP contribution in [0, 0.1) is 0 Å². The predicted octanol–water partition coefficient (Wildman–Crippen LogP) is 2.04. The third-order valence-electron chi connectivity index (χ3n) is 4.69. The zero-order chi connectivity index (χ0) is 19.1. The first-order valence-electron chi connectivity index (χ1n) is 9.34. The van der Waals surface area contributed by atoms with Gasteiger partial charge < -0.3 is 19.5 Å². The van der Waals surface area contributed by atoms with E-state index in [0.717, 1.165) is 37.2 Å². The van der Waals surface area contributed by atoms with Gasteiger partial charge in [0.25, 0.3) is 0 Å². The molecule has 0 aliphatic carbocycles. The summed E-state index contributed by atoms with van der Waals surface area (Å²) in [6.07, 6.45) is 4.65. The minimum Gasteiger partial charge on any atom is -0.463 e. The van der Waals surface area contributed by atoms with Gasteiger partial charge in [-0.15, -0.1) is 0 Å². The Bertz CT molecular complexity index is 670. The van der Waals surface area contributed by atoms with E-state index in [4.69, 9.17) is 14.2 Å². The molecule has 2 heterocycles. The van der Waals surface area contributed by atoms with E-state index in [1.54, 1.807) is 13.0 Å². The second kappa shape index (κ2) is 9.12. The summed E-state index contributed by atoms with van der Waals surface area (Å²) in [4.78, 5) is 25.7. The number of likely N-dealkylation sites (tertiary alicyclic amines) is 1. The number of hydrogen-bond acceptors (Lipinski definition) is 6. The van der Waals surface area contributed by atoms with Crippen molar-refractivity contribution in [2.75, 3.05) is 44.8 Å². The van der Waals surface area contributed by atoms with E-state index in [9.17, 15) is 9.59 Å². The summed E-state index contributed by atoms with van der Waals surface area (Å²) in [5.74, 6) is -0.833. The van der Waals surface area contributed by atoms with Crippen LogP contribution in [-0.2, 0) is 23.8 Å². The molecule has 0 saturated carbocycles. The topological polar surface area (TPSA) is 77.1 Å². The number of piperidine rings is 1. The molecular weight excluding hydrogens is 348 g/mol. The normalized spacial score (nSPS) is 19.4. The Morgan fingerprint density at radius 3 is 2.48 bits per heavy atom. The molecule has 2 saturated heterocycles.